The Kier molecular flexibility index (Phi) is 6.24. The smallest absolute Gasteiger partial charge is 0.0264 e. The van der Waals surface area contributed by atoms with Crippen LogP contribution in [0.15, 0.2) is 47.7 Å². The van der Waals surface area contributed by atoms with Gasteiger partial charge in [0.05, 0.1) is 0 Å². The minimum absolute atomic E-state index is 0.699. The van der Waals surface area contributed by atoms with Crippen LogP contribution >= 0.6 is 0 Å². The van der Waals surface area contributed by atoms with Crippen LogP contribution in [0.5, 0.6) is 0 Å². The molecule has 0 aliphatic heterocycles. The highest BCUT2D eigenvalue weighted by atomic mass is 14.5. The van der Waals surface area contributed by atoms with Gasteiger partial charge in [0.25, 0.3) is 0 Å². The van der Waals surface area contributed by atoms with Crippen LogP contribution in [0.4, 0.5) is 0 Å². The van der Waals surface area contributed by atoms with Crippen LogP contribution < -0.4 is 5.73 Å². The molecular weight excluding hydrogens is 160 g/mol. The molecule has 0 bridgehead atoms. The van der Waals surface area contributed by atoms with Crippen LogP contribution in [0.1, 0.15) is 13.8 Å². The third kappa shape index (κ3) is 5.67. The van der Waals surface area contributed by atoms with Crippen molar-refractivity contribution in [2.45, 2.75) is 13.8 Å². The van der Waals surface area contributed by atoms with Crippen LogP contribution in [-0.2, 0) is 0 Å². The number of allylic oxidation sites excluding steroid dienone is 7. The highest BCUT2D eigenvalue weighted by molar-refractivity contribution is 5.79. The fourth-order valence-corrected chi connectivity index (χ4v) is 0.781. The van der Waals surface area contributed by atoms with Gasteiger partial charge in [-0.1, -0.05) is 36.0 Å². The molecule has 0 amide bonds. The Labute approximate surface area is 79.7 Å². The first-order chi connectivity index (χ1) is 6.24. The Hall–Kier alpha value is -1.57. The lowest BCUT2D eigenvalue weighted by atomic mass is 10.2. The zero-order chi connectivity index (χ0) is 10.1. The third-order valence-electron chi connectivity index (χ3n) is 1.44. The summed E-state index contributed by atoms with van der Waals surface area (Å²) < 4.78 is 0. The first-order valence-corrected chi connectivity index (χ1v) is 4.14. The van der Waals surface area contributed by atoms with E-state index in [-0.39, 0.29) is 0 Å². The number of nitrogens with one attached hydrogen (secondary N) is 1. The normalized spacial score (nSPS) is 14.3. The van der Waals surface area contributed by atoms with Gasteiger partial charge in [-0.25, -0.2) is 0 Å². The lowest BCUT2D eigenvalue weighted by Gasteiger charge is -1.88. The molecule has 0 aromatic carbocycles. The molecule has 2 nitrogen and oxygen atoms in total. The van der Waals surface area contributed by atoms with Gasteiger partial charge >= 0.3 is 0 Å². The summed E-state index contributed by atoms with van der Waals surface area (Å²) in [6, 6.07) is 0. The molecule has 0 spiro atoms. The molecule has 0 rings (SSSR count). The quantitative estimate of drug-likeness (QED) is 0.502. The number of nitrogens with two attached hydrogens (primary N) is 1. The summed E-state index contributed by atoms with van der Waals surface area (Å²) in [6.07, 6.45) is 12.3. The second-order valence-electron chi connectivity index (χ2n) is 2.58. The fourth-order valence-electron chi connectivity index (χ4n) is 0.781. The third-order valence-corrected chi connectivity index (χ3v) is 1.44. The number of hydrogen-bond acceptors (Lipinski definition) is 2. The van der Waals surface area contributed by atoms with E-state index < -0.39 is 0 Å². The van der Waals surface area contributed by atoms with Gasteiger partial charge in [0.15, 0.2) is 0 Å². The summed E-state index contributed by atoms with van der Waals surface area (Å²) in [5.74, 6) is 0. The van der Waals surface area contributed by atoms with Crippen molar-refractivity contribution >= 4 is 6.21 Å². The SMILES string of the molecule is C\C=C/C(C)=C\C=C\C(C=N)=C/N. The lowest BCUT2D eigenvalue weighted by molar-refractivity contribution is 1.49. The van der Waals surface area contributed by atoms with Crippen molar-refractivity contribution in [2.75, 3.05) is 0 Å². The van der Waals surface area contributed by atoms with Gasteiger partial charge in [0.1, 0.15) is 0 Å². The highest BCUT2D eigenvalue weighted by Gasteiger charge is 1.80. The largest absolute Gasteiger partial charge is 0.404 e. The summed E-state index contributed by atoms with van der Waals surface area (Å²) in [5, 5.41) is 6.97. The monoisotopic (exact) mass is 176 g/mol. The average molecular weight is 176 g/mol. The van der Waals surface area contributed by atoms with Crippen molar-refractivity contribution in [3.8, 4) is 0 Å². The number of rotatable bonds is 4. The molecule has 70 valence electrons. The van der Waals surface area contributed by atoms with Gasteiger partial charge in [-0.3, -0.25) is 0 Å². The van der Waals surface area contributed by atoms with Crippen molar-refractivity contribution in [2.24, 2.45) is 5.73 Å². The van der Waals surface area contributed by atoms with Crippen molar-refractivity contribution in [1.29, 1.82) is 5.41 Å². The van der Waals surface area contributed by atoms with E-state index in [2.05, 4.69) is 0 Å². The maximum absolute atomic E-state index is 6.97. The maximum Gasteiger partial charge on any atom is 0.0264 e. The predicted octanol–water partition coefficient (Wildman–Crippen LogP) is 2.56. The van der Waals surface area contributed by atoms with E-state index in [0.29, 0.717) is 5.57 Å². The van der Waals surface area contributed by atoms with Crippen molar-refractivity contribution in [1.82, 2.24) is 0 Å². The second-order valence-corrected chi connectivity index (χ2v) is 2.58. The van der Waals surface area contributed by atoms with Gasteiger partial charge in [-0.15, -0.1) is 0 Å². The topological polar surface area (TPSA) is 49.9 Å². The molecule has 3 N–H and O–H groups in total. The zero-order valence-electron chi connectivity index (χ0n) is 8.12. The Morgan fingerprint density at radius 1 is 1.31 bits per heavy atom. The van der Waals surface area contributed by atoms with E-state index in [1.54, 1.807) is 6.08 Å². The van der Waals surface area contributed by atoms with Crippen LogP contribution in [0.3, 0.4) is 0 Å². The molecule has 0 saturated carbocycles. The molecule has 13 heavy (non-hydrogen) atoms. The number of hydrogen-bond donors (Lipinski definition) is 2. The lowest BCUT2D eigenvalue weighted by Crippen LogP contribution is -1.85. The zero-order valence-corrected chi connectivity index (χ0v) is 8.12. The standard InChI is InChI=1S/C11H16N2/c1-3-5-10(2)6-4-7-11(8-12)9-13/h3-9,12H,13H2,1-2H3/b5-3-,7-4+,10-6-,11-9+,12-8?. The molecule has 0 unspecified atom stereocenters. The maximum atomic E-state index is 6.97. The molecule has 0 fully saturated rings. The van der Waals surface area contributed by atoms with E-state index in [9.17, 15) is 0 Å². The molecule has 0 saturated heterocycles. The molecule has 0 aliphatic carbocycles. The molecule has 0 atom stereocenters. The molecular formula is C11H16N2. The Balaban J connectivity index is 4.29. The first-order valence-electron chi connectivity index (χ1n) is 4.14. The molecule has 0 aromatic heterocycles. The van der Waals surface area contributed by atoms with E-state index in [0.717, 1.165) is 0 Å². The minimum Gasteiger partial charge on any atom is -0.404 e. The summed E-state index contributed by atoms with van der Waals surface area (Å²) in [6.45, 7) is 3.99. The molecule has 0 aliphatic rings. The van der Waals surface area contributed by atoms with Crippen molar-refractivity contribution < 1.29 is 0 Å². The summed E-state index contributed by atoms with van der Waals surface area (Å²) in [7, 11) is 0. The molecule has 0 radical (unpaired) electrons. The summed E-state index contributed by atoms with van der Waals surface area (Å²) in [4.78, 5) is 0. The second kappa shape index (κ2) is 7.10. The van der Waals surface area contributed by atoms with Crippen LogP contribution in [-0.4, -0.2) is 6.21 Å². The van der Waals surface area contributed by atoms with Crippen molar-refractivity contribution in [3.63, 3.8) is 0 Å². The van der Waals surface area contributed by atoms with E-state index in [4.69, 9.17) is 11.1 Å². The van der Waals surface area contributed by atoms with Gasteiger partial charge in [0, 0.05) is 18.0 Å². The Morgan fingerprint density at radius 2 is 2.00 bits per heavy atom. The van der Waals surface area contributed by atoms with Gasteiger partial charge in [-0.2, -0.15) is 0 Å². The van der Waals surface area contributed by atoms with E-state index in [1.165, 1.54) is 18.0 Å². The van der Waals surface area contributed by atoms with Gasteiger partial charge in [-0.05, 0) is 13.8 Å². The van der Waals surface area contributed by atoms with Crippen LogP contribution in [0, 0.1) is 5.41 Å². The Morgan fingerprint density at radius 3 is 2.46 bits per heavy atom. The van der Waals surface area contributed by atoms with Crippen LogP contribution in [0.25, 0.3) is 0 Å². The molecule has 2 heteroatoms. The predicted molar refractivity (Wildman–Crippen MR) is 58.8 cm³/mol. The average Bonchev–Trinajstić information content (AvgIpc) is 2.13. The highest BCUT2D eigenvalue weighted by Crippen LogP contribution is 1.97. The first kappa shape index (κ1) is 11.4. The fraction of sp³-hybridized carbons (Fsp3) is 0.182. The van der Waals surface area contributed by atoms with E-state index in [1.807, 2.05) is 38.2 Å². The van der Waals surface area contributed by atoms with E-state index >= 15 is 0 Å². The summed E-state index contributed by atoms with van der Waals surface area (Å²) >= 11 is 0. The van der Waals surface area contributed by atoms with Crippen LogP contribution in [0.2, 0.25) is 0 Å². The summed E-state index contributed by atoms with van der Waals surface area (Å²) in [5.41, 5.74) is 7.13. The Bertz CT molecular complexity index is 268. The van der Waals surface area contributed by atoms with Crippen molar-refractivity contribution in [3.05, 3.63) is 47.7 Å². The molecule has 0 aromatic rings. The van der Waals surface area contributed by atoms with Gasteiger partial charge in [0.2, 0.25) is 0 Å². The minimum atomic E-state index is 0.699. The van der Waals surface area contributed by atoms with Gasteiger partial charge < -0.3 is 11.1 Å². The molecule has 0 heterocycles.